The van der Waals surface area contributed by atoms with Crippen molar-refractivity contribution in [2.24, 2.45) is 4.99 Å². The molecule has 0 aliphatic carbocycles. The molecule has 1 heteroatoms. The van der Waals surface area contributed by atoms with E-state index in [4.69, 9.17) is 0 Å². The van der Waals surface area contributed by atoms with Gasteiger partial charge in [-0.1, -0.05) is 52.9 Å². The highest BCUT2D eigenvalue weighted by Crippen LogP contribution is 2.00. The van der Waals surface area contributed by atoms with Crippen molar-refractivity contribution in [3.63, 3.8) is 0 Å². The molecule has 0 bridgehead atoms. The van der Waals surface area contributed by atoms with Gasteiger partial charge in [-0.3, -0.25) is 4.99 Å². The number of hydrogen-bond donors (Lipinski definition) is 0. The van der Waals surface area contributed by atoms with Gasteiger partial charge in [0.25, 0.3) is 0 Å². The molecule has 0 atom stereocenters. The van der Waals surface area contributed by atoms with Gasteiger partial charge in [0, 0.05) is 6.54 Å². The number of rotatable bonds is 6. The van der Waals surface area contributed by atoms with E-state index in [1.165, 1.54) is 32.1 Å². The molecule has 0 amide bonds. The van der Waals surface area contributed by atoms with Crippen molar-refractivity contribution in [3.8, 4) is 0 Å². The summed E-state index contributed by atoms with van der Waals surface area (Å²) in [6.07, 6.45) is 10.0. The summed E-state index contributed by atoms with van der Waals surface area (Å²) in [5.41, 5.74) is 0. The van der Waals surface area contributed by atoms with Crippen LogP contribution in [0.1, 0.15) is 66.2 Å². The molecule has 1 nitrogen and oxygen atoms in total. The van der Waals surface area contributed by atoms with Crippen molar-refractivity contribution in [3.05, 3.63) is 0 Å². The molecule has 0 fully saturated rings. The van der Waals surface area contributed by atoms with Gasteiger partial charge >= 0.3 is 0 Å². The van der Waals surface area contributed by atoms with E-state index in [-0.39, 0.29) is 0 Å². The minimum atomic E-state index is 0.983. The van der Waals surface area contributed by atoms with Crippen molar-refractivity contribution < 1.29 is 0 Å². The third-order valence-electron chi connectivity index (χ3n) is 1.74. The molecule has 0 unspecified atom stereocenters. The van der Waals surface area contributed by atoms with Gasteiger partial charge in [0.2, 0.25) is 0 Å². The first-order chi connectivity index (χ1) is 6.33. The minimum absolute atomic E-state index is 0.983. The van der Waals surface area contributed by atoms with Crippen LogP contribution in [-0.2, 0) is 0 Å². The summed E-state index contributed by atoms with van der Waals surface area (Å²) >= 11 is 0. The molecule has 13 heavy (non-hydrogen) atoms. The molecule has 0 aliphatic rings. The van der Waals surface area contributed by atoms with Gasteiger partial charge < -0.3 is 0 Å². The van der Waals surface area contributed by atoms with Gasteiger partial charge in [-0.2, -0.15) is 0 Å². The maximum Gasteiger partial charge on any atom is 0.0382 e. The summed E-state index contributed by atoms with van der Waals surface area (Å²) in [5.74, 6) is 0. The van der Waals surface area contributed by atoms with Gasteiger partial charge in [0.05, 0.1) is 0 Å². The molecule has 0 aromatic rings. The topological polar surface area (TPSA) is 12.4 Å². The molecule has 0 aliphatic heterocycles. The molecule has 0 radical (unpaired) electrons. The Morgan fingerprint density at radius 1 is 0.846 bits per heavy atom. The molecule has 0 saturated carbocycles. The van der Waals surface area contributed by atoms with Crippen LogP contribution in [0.5, 0.6) is 0 Å². The van der Waals surface area contributed by atoms with Crippen molar-refractivity contribution in [2.75, 3.05) is 6.54 Å². The van der Waals surface area contributed by atoms with Gasteiger partial charge in [-0.25, -0.2) is 0 Å². The Bertz CT molecular complexity index is 83.1. The van der Waals surface area contributed by atoms with E-state index in [1.54, 1.807) is 0 Å². The number of hydrogen-bond acceptors (Lipinski definition) is 1. The molecule has 80 valence electrons. The lowest BCUT2D eigenvalue weighted by Gasteiger charge is -1.90. The second-order valence-electron chi connectivity index (χ2n) is 3.23. The van der Waals surface area contributed by atoms with Gasteiger partial charge in [0.15, 0.2) is 0 Å². The maximum absolute atomic E-state index is 3.97. The Balaban J connectivity index is 0. The van der Waals surface area contributed by atoms with Crippen LogP contribution in [0.25, 0.3) is 0 Å². The number of nitrogens with zero attached hydrogens (tertiary/aromatic N) is 1. The Labute approximate surface area is 84.7 Å². The third kappa shape index (κ3) is 24.5. The van der Waals surface area contributed by atoms with Crippen LogP contribution in [-0.4, -0.2) is 12.8 Å². The fourth-order valence-electron chi connectivity index (χ4n) is 0.935. The Morgan fingerprint density at radius 2 is 1.38 bits per heavy atom. The predicted molar refractivity (Wildman–Crippen MR) is 63.8 cm³/mol. The summed E-state index contributed by atoms with van der Waals surface area (Å²) in [4.78, 5) is 3.97. The monoisotopic (exact) mass is 185 g/mol. The quantitative estimate of drug-likeness (QED) is 0.428. The molecular weight excluding hydrogens is 158 g/mol. The first-order valence-electron chi connectivity index (χ1n) is 5.77. The zero-order valence-corrected chi connectivity index (χ0v) is 9.97. The molecule has 0 saturated heterocycles. The molecule has 0 aromatic carbocycles. The average molecular weight is 185 g/mol. The van der Waals surface area contributed by atoms with Crippen LogP contribution in [0, 0.1) is 0 Å². The van der Waals surface area contributed by atoms with Crippen molar-refractivity contribution in [2.45, 2.75) is 66.2 Å². The molecular formula is C12H27N. The third-order valence-corrected chi connectivity index (χ3v) is 1.74. The van der Waals surface area contributed by atoms with E-state index in [1.807, 2.05) is 13.1 Å². The molecule has 0 rings (SSSR count). The standard InChI is InChI=1S/C7H16.C5H11N/c1-3-5-7-6-4-2;1-3-5-6-4-2/h3-7H2,1-2H3;4H,3,5H2,1-2H3. The van der Waals surface area contributed by atoms with E-state index >= 15 is 0 Å². The highest BCUT2D eigenvalue weighted by molar-refractivity contribution is 5.53. The van der Waals surface area contributed by atoms with Crippen molar-refractivity contribution in [1.82, 2.24) is 0 Å². The smallest absolute Gasteiger partial charge is 0.0382 e. The van der Waals surface area contributed by atoms with E-state index < -0.39 is 0 Å². The average Bonchev–Trinajstić information content (AvgIpc) is 2.17. The predicted octanol–water partition coefficient (Wildman–Crippen LogP) is 4.46. The van der Waals surface area contributed by atoms with E-state index in [9.17, 15) is 0 Å². The highest BCUT2D eigenvalue weighted by Gasteiger charge is 1.80. The van der Waals surface area contributed by atoms with E-state index in [0.29, 0.717) is 0 Å². The summed E-state index contributed by atoms with van der Waals surface area (Å²) in [6.45, 7) is 9.53. The Kier molecular flexibility index (Phi) is 20.6. The maximum atomic E-state index is 3.97. The fraction of sp³-hybridized carbons (Fsp3) is 0.917. The van der Waals surface area contributed by atoms with Crippen LogP contribution in [0.15, 0.2) is 4.99 Å². The van der Waals surface area contributed by atoms with Crippen LogP contribution >= 0.6 is 0 Å². The van der Waals surface area contributed by atoms with Crippen LogP contribution in [0.2, 0.25) is 0 Å². The van der Waals surface area contributed by atoms with Crippen molar-refractivity contribution in [1.29, 1.82) is 0 Å². The van der Waals surface area contributed by atoms with Crippen LogP contribution in [0.4, 0.5) is 0 Å². The van der Waals surface area contributed by atoms with Crippen LogP contribution < -0.4 is 0 Å². The first-order valence-corrected chi connectivity index (χ1v) is 5.77. The lowest BCUT2D eigenvalue weighted by Crippen LogP contribution is -1.71. The number of aliphatic imine (C=N–C) groups is 1. The summed E-state index contributed by atoms with van der Waals surface area (Å²) in [6, 6.07) is 0. The summed E-state index contributed by atoms with van der Waals surface area (Å²) < 4.78 is 0. The van der Waals surface area contributed by atoms with Gasteiger partial charge in [0.1, 0.15) is 0 Å². The lowest BCUT2D eigenvalue weighted by atomic mass is 10.2. The minimum Gasteiger partial charge on any atom is -0.298 e. The highest BCUT2D eigenvalue weighted by atomic mass is 14.7. The zero-order chi connectivity index (χ0) is 10.4. The van der Waals surface area contributed by atoms with Crippen LogP contribution in [0.3, 0.4) is 0 Å². The Morgan fingerprint density at radius 3 is 1.62 bits per heavy atom. The number of unbranched alkanes of at least 4 members (excludes halogenated alkanes) is 4. The van der Waals surface area contributed by atoms with Gasteiger partial charge in [-0.15, -0.1) is 0 Å². The second kappa shape index (κ2) is 17.7. The normalized spacial score (nSPS) is 9.85. The fourth-order valence-corrected chi connectivity index (χ4v) is 0.935. The molecule has 0 heterocycles. The summed E-state index contributed by atoms with van der Waals surface area (Å²) in [5, 5.41) is 0. The van der Waals surface area contributed by atoms with Gasteiger partial charge in [-0.05, 0) is 19.6 Å². The SMILES string of the molecule is CC=NCCC.CCCCCCC. The van der Waals surface area contributed by atoms with E-state index in [2.05, 4.69) is 25.8 Å². The van der Waals surface area contributed by atoms with Crippen molar-refractivity contribution >= 4 is 6.21 Å². The lowest BCUT2D eigenvalue weighted by molar-refractivity contribution is 0.656. The largest absolute Gasteiger partial charge is 0.298 e. The molecule has 0 aromatic heterocycles. The summed E-state index contributed by atoms with van der Waals surface area (Å²) in [7, 11) is 0. The first kappa shape index (κ1) is 15.2. The molecule has 0 spiro atoms. The molecule has 0 N–H and O–H groups in total. The zero-order valence-electron chi connectivity index (χ0n) is 9.97. The van der Waals surface area contributed by atoms with E-state index in [0.717, 1.165) is 13.0 Å². The Hall–Kier alpha value is -0.330. The second-order valence-corrected chi connectivity index (χ2v) is 3.23.